The fourth-order valence-corrected chi connectivity index (χ4v) is 5.16. The first-order valence-electron chi connectivity index (χ1n) is 5.60. The molecule has 0 saturated carbocycles. The fourth-order valence-electron chi connectivity index (χ4n) is 3.47. The minimum Gasteiger partial charge on any atom is -0.0693 e. The van der Waals surface area contributed by atoms with E-state index in [0.717, 1.165) is 5.92 Å². The molecule has 0 nitrogen and oxygen atoms in total. The van der Waals surface area contributed by atoms with Crippen molar-refractivity contribution in [1.29, 1.82) is 0 Å². The normalized spacial score (nSPS) is 38.1. The van der Waals surface area contributed by atoms with Crippen LogP contribution in [0.25, 0.3) is 0 Å². The number of rotatable bonds is 0. The van der Waals surface area contributed by atoms with E-state index in [2.05, 4.69) is 68.3 Å². The molecule has 0 amide bonds. The molecular weight excluding hydrogens is 328 g/mol. The topological polar surface area (TPSA) is 0 Å². The zero-order valence-corrected chi connectivity index (χ0v) is 11.7. The van der Waals surface area contributed by atoms with Crippen LogP contribution >= 0.6 is 31.9 Å². The van der Waals surface area contributed by atoms with E-state index < -0.39 is 0 Å². The summed E-state index contributed by atoms with van der Waals surface area (Å²) in [4.78, 5) is 0. The van der Waals surface area contributed by atoms with Gasteiger partial charge in [-0.15, -0.1) is 0 Å². The number of hydrogen-bond acceptors (Lipinski definition) is 0. The van der Waals surface area contributed by atoms with E-state index in [1.165, 1.54) is 20.1 Å². The van der Waals surface area contributed by atoms with Crippen molar-refractivity contribution in [3.8, 4) is 0 Å². The first-order valence-corrected chi connectivity index (χ1v) is 7.19. The summed E-state index contributed by atoms with van der Waals surface area (Å²) in [6.07, 6.45) is 4.79. The van der Waals surface area contributed by atoms with Crippen LogP contribution in [0.2, 0.25) is 0 Å². The average Bonchev–Trinajstić information content (AvgIpc) is 2.29. The van der Waals surface area contributed by atoms with Gasteiger partial charge in [0, 0.05) is 17.8 Å². The first-order chi connectivity index (χ1) is 7.77. The Morgan fingerprint density at radius 1 is 0.875 bits per heavy atom. The van der Waals surface area contributed by atoms with E-state index in [9.17, 15) is 0 Å². The van der Waals surface area contributed by atoms with Crippen LogP contribution in [-0.4, -0.2) is 0 Å². The molecule has 4 aliphatic carbocycles. The van der Waals surface area contributed by atoms with E-state index in [1.807, 2.05) is 0 Å². The van der Waals surface area contributed by atoms with Gasteiger partial charge in [-0.2, -0.15) is 0 Å². The molecule has 1 aromatic rings. The van der Waals surface area contributed by atoms with E-state index in [1.54, 1.807) is 0 Å². The SMILES string of the molecule is BrC1=C[C@H]2[C@@H]1[C@H]1C(Br)=C[C@@H]2c2ccccc21. The standard InChI is InChI=1S/C14H10Br2/c15-11-5-9-7-3-1-2-4-8(7)13(11)14-10(9)6-12(14)16/h1-6,9-10,13-14H/t9-,10-,13-,14+/m1/s1. The molecule has 0 fully saturated rings. The van der Waals surface area contributed by atoms with Gasteiger partial charge in [0.05, 0.1) is 0 Å². The monoisotopic (exact) mass is 336 g/mol. The van der Waals surface area contributed by atoms with E-state index >= 15 is 0 Å². The smallest absolute Gasteiger partial charge is 0.0235 e. The summed E-state index contributed by atoms with van der Waals surface area (Å²) >= 11 is 7.45. The third-order valence-corrected chi connectivity index (χ3v) is 5.74. The van der Waals surface area contributed by atoms with Gasteiger partial charge >= 0.3 is 0 Å². The van der Waals surface area contributed by atoms with Crippen molar-refractivity contribution >= 4 is 31.9 Å². The van der Waals surface area contributed by atoms with Crippen molar-refractivity contribution in [2.75, 3.05) is 0 Å². The van der Waals surface area contributed by atoms with Crippen LogP contribution in [0.4, 0.5) is 0 Å². The molecule has 5 rings (SSSR count). The predicted octanol–water partition coefficient (Wildman–Crippen LogP) is 4.68. The lowest BCUT2D eigenvalue weighted by Gasteiger charge is -2.51. The van der Waals surface area contributed by atoms with Crippen molar-refractivity contribution in [2.45, 2.75) is 11.8 Å². The Morgan fingerprint density at radius 3 is 2.38 bits per heavy atom. The van der Waals surface area contributed by atoms with Gasteiger partial charge in [-0.3, -0.25) is 0 Å². The summed E-state index contributed by atoms with van der Waals surface area (Å²) in [5.41, 5.74) is 3.06. The van der Waals surface area contributed by atoms with Crippen LogP contribution in [-0.2, 0) is 0 Å². The molecule has 4 aliphatic rings. The Kier molecular flexibility index (Phi) is 1.88. The quantitative estimate of drug-likeness (QED) is 0.644. The second-order valence-electron chi connectivity index (χ2n) is 4.84. The highest BCUT2D eigenvalue weighted by Gasteiger charge is 2.51. The lowest BCUT2D eigenvalue weighted by molar-refractivity contribution is 0.309. The highest BCUT2D eigenvalue weighted by atomic mass is 79.9. The highest BCUT2D eigenvalue weighted by Crippen LogP contribution is 2.63. The molecule has 0 spiro atoms. The summed E-state index contributed by atoms with van der Waals surface area (Å²) < 4.78 is 2.77. The number of benzene rings is 1. The maximum absolute atomic E-state index is 3.76. The molecule has 0 radical (unpaired) electrons. The maximum atomic E-state index is 3.76. The van der Waals surface area contributed by atoms with Gasteiger partial charge in [0.1, 0.15) is 0 Å². The van der Waals surface area contributed by atoms with Gasteiger partial charge in [0.15, 0.2) is 0 Å². The van der Waals surface area contributed by atoms with Crippen molar-refractivity contribution < 1.29 is 0 Å². The molecule has 0 aliphatic heterocycles. The number of allylic oxidation sites excluding steroid dienone is 4. The molecule has 2 heteroatoms. The lowest BCUT2D eigenvalue weighted by atomic mass is 9.55. The van der Waals surface area contributed by atoms with Gasteiger partial charge in [-0.05, 0) is 26.0 Å². The predicted molar refractivity (Wildman–Crippen MR) is 72.9 cm³/mol. The molecule has 80 valence electrons. The summed E-state index contributed by atoms with van der Waals surface area (Å²) in [6.45, 7) is 0. The van der Waals surface area contributed by atoms with Gasteiger partial charge in [0.2, 0.25) is 0 Å². The lowest BCUT2D eigenvalue weighted by Crippen LogP contribution is -2.40. The molecule has 16 heavy (non-hydrogen) atoms. The van der Waals surface area contributed by atoms with E-state index in [-0.39, 0.29) is 0 Å². The van der Waals surface area contributed by atoms with Crippen molar-refractivity contribution in [3.63, 3.8) is 0 Å². The molecule has 0 N–H and O–H groups in total. The zero-order valence-electron chi connectivity index (χ0n) is 8.53. The second kappa shape index (κ2) is 3.11. The van der Waals surface area contributed by atoms with Gasteiger partial charge in [-0.1, -0.05) is 68.3 Å². The average molecular weight is 338 g/mol. The Balaban J connectivity index is 1.98. The maximum Gasteiger partial charge on any atom is 0.0235 e. The highest BCUT2D eigenvalue weighted by molar-refractivity contribution is 9.12. The Labute approximate surface area is 112 Å². The van der Waals surface area contributed by atoms with Crippen LogP contribution in [0, 0.1) is 11.8 Å². The first kappa shape index (κ1) is 9.67. The molecule has 0 unspecified atom stereocenters. The van der Waals surface area contributed by atoms with Crippen LogP contribution in [0.1, 0.15) is 23.0 Å². The molecule has 0 aromatic heterocycles. The third-order valence-electron chi connectivity index (χ3n) is 4.18. The summed E-state index contributed by atoms with van der Waals surface area (Å²) in [6, 6.07) is 8.90. The van der Waals surface area contributed by atoms with Crippen molar-refractivity contribution in [3.05, 3.63) is 56.5 Å². The minimum atomic E-state index is 0.547. The Bertz CT molecular complexity index is 541. The summed E-state index contributed by atoms with van der Waals surface area (Å²) in [5, 5.41) is 0. The molecule has 0 heterocycles. The molecule has 0 saturated heterocycles. The van der Waals surface area contributed by atoms with Gasteiger partial charge in [-0.25, -0.2) is 0 Å². The van der Waals surface area contributed by atoms with Gasteiger partial charge in [0.25, 0.3) is 0 Å². The molecule has 4 atom stereocenters. The molecule has 1 aromatic carbocycles. The fraction of sp³-hybridized carbons (Fsp3) is 0.286. The minimum absolute atomic E-state index is 0.547. The molecular formula is C14H10Br2. The second-order valence-corrected chi connectivity index (χ2v) is 6.67. The molecule has 2 bridgehead atoms. The van der Waals surface area contributed by atoms with Crippen molar-refractivity contribution in [1.82, 2.24) is 0 Å². The number of halogens is 2. The van der Waals surface area contributed by atoms with Crippen LogP contribution in [0.3, 0.4) is 0 Å². The van der Waals surface area contributed by atoms with E-state index in [0.29, 0.717) is 17.8 Å². The number of hydrogen-bond donors (Lipinski definition) is 0. The Morgan fingerprint density at radius 2 is 1.62 bits per heavy atom. The zero-order chi connectivity index (χ0) is 10.9. The third kappa shape index (κ3) is 1.01. The van der Waals surface area contributed by atoms with Crippen LogP contribution in [0.5, 0.6) is 0 Å². The largest absolute Gasteiger partial charge is 0.0693 e. The van der Waals surface area contributed by atoms with Crippen LogP contribution < -0.4 is 0 Å². The summed E-state index contributed by atoms with van der Waals surface area (Å²) in [5.74, 6) is 2.53. The summed E-state index contributed by atoms with van der Waals surface area (Å²) in [7, 11) is 0. The van der Waals surface area contributed by atoms with Gasteiger partial charge < -0.3 is 0 Å². The Hall–Kier alpha value is -0.340. The van der Waals surface area contributed by atoms with Crippen LogP contribution in [0.15, 0.2) is 45.4 Å². The van der Waals surface area contributed by atoms with Crippen molar-refractivity contribution in [2.24, 2.45) is 11.8 Å². The van der Waals surface area contributed by atoms with E-state index in [4.69, 9.17) is 0 Å².